The number of para-hydroxylation sites is 1. The summed E-state index contributed by atoms with van der Waals surface area (Å²) < 4.78 is 5.75. The number of carbonyl (C=O) groups excluding carboxylic acids is 1. The van der Waals surface area contributed by atoms with Crippen LogP contribution in [0.4, 0.5) is 5.69 Å². The molecule has 1 N–H and O–H groups in total. The van der Waals surface area contributed by atoms with Crippen LogP contribution in [0.5, 0.6) is 0 Å². The Morgan fingerprint density at radius 3 is 2.77 bits per heavy atom. The number of benzene rings is 2. The van der Waals surface area contributed by atoms with Crippen LogP contribution in [0.25, 0.3) is 28.3 Å². The molecule has 0 aliphatic carbocycles. The van der Waals surface area contributed by atoms with Gasteiger partial charge in [-0.2, -0.15) is 5.26 Å². The molecule has 1 amide bonds. The molecule has 0 radical (unpaired) electrons. The Bertz CT molecular complexity index is 1330. The van der Waals surface area contributed by atoms with Crippen molar-refractivity contribution in [2.75, 3.05) is 5.32 Å². The van der Waals surface area contributed by atoms with Crippen LogP contribution in [0.15, 0.2) is 76.9 Å². The number of pyridine rings is 1. The van der Waals surface area contributed by atoms with Crippen molar-refractivity contribution in [1.82, 2.24) is 4.98 Å². The number of hydrogen-bond donors (Lipinski definition) is 1. The molecule has 0 bridgehead atoms. The van der Waals surface area contributed by atoms with E-state index in [1.54, 1.807) is 42.6 Å². The third kappa shape index (κ3) is 4.06. The van der Waals surface area contributed by atoms with E-state index in [4.69, 9.17) is 27.6 Å². The highest BCUT2D eigenvalue weighted by molar-refractivity contribution is 6.35. The van der Waals surface area contributed by atoms with Gasteiger partial charge >= 0.3 is 0 Å². The minimum atomic E-state index is -0.561. The minimum absolute atomic E-state index is 0.110. The number of nitriles is 1. The number of furan rings is 1. The van der Waals surface area contributed by atoms with Crippen molar-refractivity contribution in [3.63, 3.8) is 0 Å². The van der Waals surface area contributed by atoms with Crippen molar-refractivity contribution in [2.45, 2.75) is 0 Å². The molecule has 0 spiro atoms. The van der Waals surface area contributed by atoms with Gasteiger partial charge < -0.3 is 9.73 Å². The highest BCUT2D eigenvalue weighted by Crippen LogP contribution is 2.32. The number of nitrogens with zero attached hydrogens (tertiary/aromatic N) is 2. The van der Waals surface area contributed by atoms with Gasteiger partial charge in [-0.1, -0.05) is 41.4 Å². The second-order valence-electron chi connectivity index (χ2n) is 6.33. The number of nitrogens with one attached hydrogen (secondary N) is 1. The Morgan fingerprint density at radius 1 is 1.10 bits per heavy atom. The summed E-state index contributed by atoms with van der Waals surface area (Å²) in [5, 5.41) is 14.1. The van der Waals surface area contributed by atoms with E-state index in [2.05, 4.69) is 10.3 Å². The fourth-order valence-electron chi connectivity index (χ4n) is 2.95. The van der Waals surface area contributed by atoms with Crippen LogP contribution in [-0.4, -0.2) is 10.9 Å². The molecule has 2 heterocycles. The van der Waals surface area contributed by atoms with Crippen LogP contribution in [0.2, 0.25) is 10.0 Å². The molecule has 5 nitrogen and oxygen atoms in total. The first-order chi connectivity index (χ1) is 14.5. The quantitative estimate of drug-likeness (QED) is 0.300. The van der Waals surface area contributed by atoms with Crippen LogP contribution in [0.1, 0.15) is 5.76 Å². The lowest BCUT2D eigenvalue weighted by atomic mass is 10.1. The van der Waals surface area contributed by atoms with Gasteiger partial charge in [-0.3, -0.25) is 9.78 Å². The number of amides is 1. The minimum Gasteiger partial charge on any atom is -0.457 e. The lowest BCUT2D eigenvalue weighted by Crippen LogP contribution is -2.13. The summed E-state index contributed by atoms with van der Waals surface area (Å²) in [6, 6.07) is 19.4. The smallest absolute Gasteiger partial charge is 0.266 e. The molecule has 0 aliphatic heterocycles. The molecule has 0 atom stereocenters. The molecule has 146 valence electrons. The van der Waals surface area contributed by atoms with E-state index in [0.29, 0.717) is 38.3 Å². The summed E-state index contributed by atoms with van der Waals surface area (Å²) in [4.78, 5) is 17.0. The molecule has 4 aromatic rings. The summed E-state index contributed by atoms with van der Waals surface area (Å²) in [5.74, 6) is 0.253. The first-order valence-electron chi connectivity index (χ1n) is 8.87. The van der Waals surface area contributed by atoms with Gasteiger partial charge in [0.05, 0.1) is 16.2 Å². The van der Waals surface area contributed by atoms with Crippen molar-refractivity contribution in [3.8, 4) is 17.4 Å². The average Bonchev–Trinajstić information content (AvgIpc) is 3.22. The standard InChI is InChI=1S/C23H13Cl2N3O2/c24-16-6-8-19(25)18(12-16)21-9-7-17(30-21)11-15(13-26)23(29)28-20-5-1-3-14-4-2-10-27-22(14)20/h1-12H,(H,28,29). The zero-order valence-electron chi connectivity index (χ0n) is 15.4. The number of fused-ring (bicyclic) bond motifs is 1. The fourth-order valence-corrected chi connectivity index (χ4v) is 3.33. The molecule has 30 heavy (non-hydrogen) atoms. The molecule has 2 aromatic carbocycles. The van der Waals surface area contributed by atoms with E-state index < -0.39 is 5.91 Å². The second-order valence-corrected chi connectivity index (χ2v) is 7.17. The fraction of sp³-hybridized carbons (Fsp3) is 0. The number of carbonyl (C=O) groups is 1. The van der Waals surface area contributed by atoms with E-state index in [1.807, 2.05) is 30.3 Å². The van der Waals surface area contributed by atoms with E-state index in [1.165, 1.54) is 6.08 Å². The maximum Gasteiger partial charge on any atom is 0.266 e. The monoisotopic (exact) mass is 433 g/mol. The van der Waals surface area contributed by atoms with Gasteiger partial charge in [-0.05, 0) is 42.5 Å². The molecule has 0 fully saturated rings. The maximum atomic E-state index is 12.7. The number of anilines is 1. The van der Waals surface area contributed by atoms with Crippen molar-refractivity contribution in [3.05, 3.63) is 88.2 Å². The Morgan fingerprint density at radius 2 is 1.93 bits per heavy atom. The summed E-state index contributed by atoms with van der Waals surface area (Å²) in [6.45, 7) is 0. The zero-order chi connectivity index (χ0) is 21.1. The molecule has 0 unspecified atom stereocenters. The highest BCUT2D eigenvalue weighted by atomic mass is 35.5. The first-order valence-corrected chi connectivity index (χ1v) is 9.63. The lowest BCUT2D eigenvalue weighted by molar-refractivity contribution is -0.112. The van der Waals surface area contributed by atoms with Crippen molar-refractivity contribution in [2.24, 2.45) is 0 Å². The number of halogens is 2. The van der Waals surface area contributed by atoms with E-state index in [9.17, 15) is 10.1 Å². The van der Waals surface area contributed by atoms with Crippen LogP contribution in [-0.2, 0) is 4.79 Å². The van der Waals surface area contributed by atoms with Crippen LogP contribution < -0.4 is 5.32 Å². The predicted octanol–water partition coefficient (Wildman–Crippen LogP) is 6.35. The number of rotatable bonds is 4. The molecular formula is C23H13Cl2N3O2. The molecule has 2 aromatic heterocycles. The van der Waals surface area contributed by atoms with Gasteiger partial charge in [0, 0.05) is 28.2 Å². The lowest BCUT2D eigenvalue weighted by Gasteiger charge is -2.07. The van der Waals surface area contributed by atoms with Crippen LogP contribution in [0.3, 0.4) is 0 Å². The van der Waals surface area contributed by atoms with Crippen molar-refractivity contribution >= 4 is 51.8 Å². The van der Waals surface area contributed by atoms with Gasteiger partial charge in [-0.15, -0.1) is 0 Å². The van der Waals surface area contributed by atoms with Crippen LogP contribution >= 0.6 is 23.2 Å². The molecular weight excluding hydrogens is 421 g/mol. The number of aromatic nitrogens is 1. The van der Waals surface area contributed by atoms with Gasteiger partial charge in [0.25, 0.3) is 5.91 Å². The first kappa shape index (κ1) is 19.7. The SMILES string of the molecule is N#CC(=Cc1ccc(-c2cc(Cl)ccc2Cl)o1)C(=O)Nc1cccc2cccnc12. The Balaban J connectivity index is 1.61. The Hall–Kier alpha value is -3.59. The average molecular weight is 434 g/mol. The third-order valence-corrected chi connectivity index (χ3v) is 4.92. The summed E-state index contributed by atoms with van der Waals surface area (Å²) in [6.07, 6.45) is 3.01. The highest BCUT2D eigenvalue weighted by Gasteiger charge is 2.14. The van der Waals surface area contributed by atoms with Gasteiger partial charge in [0.2, 0.25) is 0 Å². The molecule has 4 rings (SSSR count). The predicted molar refractivity (Wildman–Crippen MR) is 118 cm³/mol. The summed E-state index contributed by atoms with van der Waals surface area (Å²) in [7, 11) is 0. The Labute approximate surface area is 182 Å². The van der Waals surface area contributed by atoms with Crippen LogP contribution in [0, 0.1) is 11.3 Å². The van der Waals surface area contributed by atoms with Gasteiger partial charge in [0.15, 0.2) is 0 Å². The molecule has 0 aliphatic rings. The summed E-state index contributed by atoms with van der Waals surface area (Å²) in [5.41, 5.74) is 1.67. The largest absolute Gasteiger partial charge is 0.457 e. The van der Waals surface area contributed by atoms with Crippen molar-refractivity contribution < 1.29 is 9.21 Å². The van der Waals surface area contributed by atoms with Crippen molar-refractivity contribution in [1.29, 1.82) is 5.26 Å². The topological polar surface area (TPSA) is 78.9 Å². The van der Waals surface area contributed by atoms with E-state index in [0.717, 1.165) is 5.39 Å². The third-order valence-electron chi connectivity index (χ3n) is 4.35. The summed E-state index contributed by atoms with van der Waals surface area (Å²) >= 11 is 12.2. The van der Waals surface area contributed by atoms with E-state index >= 15 is 0 Å². The maximum absolute atomic E-state index is 12.7. The normalized spacial score (nSPS) is 11.3. The molecule has 0 saturated carbocycles. The number of hydrogen-bond acceptors (Lipinski definition) is 4. The molecule has 7 heteroatoms. The van der Waals surface area contributed by atoms with Gasteiger partial charge in [-0.25, -0.2) is 0 Å². The second kappa shape index (κ2) is 8.42. The molecule has 0 saturated heterocycles. The van der Waals surface area contributed by atoms with E-state index in [-0.39, 0.29) is 5.57 Å². The Kier molecular flexibility index (Phi) is 5.53. The van der Waals surface area contributed by atoms with Gasteiger partial charge in [0.1, 0.15) is 23.2 Å². The zero-order valence-corrected chi connectivity index (χ0v) is 16.9.